The number of rotatable bonds is 6. The number of aryl methyl sites for hydroxylation is 2. The lowest BCUT2D eigenvalue weighted by Gasteiger charge is -2.27. The lowest BCUT2D eigenvalue weighted by atomic mass is 10.2. The first kappa shape index (κ1) is 15.2. The van der Waals surface area contributed by atoms with Gasteiger partial charge < -0.3 is 14.7 Å². The number of nitrogens with zero attached hydrogens (tertiary/aromatic N) is 3. The molecular formula is C13H21N3O3. The highest BCUT2D eigenvalue weighted by Gasteiger charge is 2.19. The second-order valence-electron chi connectivity index (χ2n) is 4.53. The summed E-state index contributed by atoms with van der Waals surface area (Å²) in [6.45, 7) is 4.49. The van der Waals surface area contributed by atoms with Crippen molar-refractivity contribution in [3.63, 3.8) is 0 Å². The number of anilines is 1. The molecule has 1 unspecified atom stereocenters. The molecule has 0 aromatic carbocycles. The first-order valence-electron chi connectivity index (χ1n) is 6.04. The van der Waals surface area contributed by atoms with E-state index in [4.69, 9.17) is 9.84 Å². The van der Waals surface area contributed by atoms with Crippen molar-refractivity contribution in [2.45, 2.75) is 19.9 Å². The summed E-state index contributed by atoms with van der Waals surface area (Å²) >= 11 is 0. The zero-order valence-corrected chi connectivity index (χ0v) is 12.0. The van der Waals surface area contributed by atoms with Gasteiger partial charge in [0.25, 0.3) is 0 Å². The van der Waals surface area contributed by atoms with E-state index in [0.29, 0.717) is 6.61 Å². The van der Waals surface area contributed by atoms with Crippen LogP contribution >= 0.6 is 0 Å². The zero-order chi connectivity index (χ0) is 14.6. The number of carboxylic acids is 1. The number of aromatic nitrogens is 2. The molecule has 0 saturated heterocycles. The van der Waals surface area contributed by atoms with E-state index in [1.54, 1.807) is 17.9 Å². The fourth-order valence-electron chi connectivity index (χ4n) is 1.99. The van der Waals surface area contributed by atoms with Crippen molar-refractivity contribution in [2.75, 3.05) is 25.7 Å². The van der Waals surface area contributed by atoms with Crippen molar-refractivity contribution in [1.82, 2.24) is 9.78 Å². The zero-order valence-electron chi connectivity index (χ0n) is 12.0. The number of hydrogen-bond acceptors (Lipinski definition) is 4. The summed E-state index contributed by atoms with van der Waals surface area (Å²) in [7, 11) is 5.44. The Kier molecular flexibility index (Phi) is 5.11. The van der Waals surface area contributed by atoms with Crippen LogP contribution in [0, 0.1) is 6.92 Å². The van der Waals surface area contributed by atoms with Crippen LogP contribution in [0.15, 0.2) is 6.08 Å². The third-order valence-corrected chi connectivity index (χ3v) is 3.03. The normalized spacial score (nSPS) is 12.9. The van der Waals surface area contributed by atoms with Gasteiger partial charge >= 0.3 is 5.97 Å². The van der Waals surface area contributed by atoms with E-state index >= 15 is 0 Å². The Hall–Kier alpha value is -1.82. The van der Waals surface area contributed by atoms with Crippen molar-refractivity contribution < 1.29 is 14.6 Å². The van der Waals surface area contributed by atoms with E-state index < -0.39 is 5.97 Å². The number of hydrogen-bond donors (Lipinski definition) is 1. The number of aliphatic carboxylic acids is 1. The largest absolute Gasteiger partial charge is 0.478 e. The molecule has 1 N–H and O–H groups in total. The third kappa shape index (κ3) is 3.57. The highest BCUT2D eigenvalue weighted by Crippen LogP contribution is 2.25. The lowest BCUT2D eigenvalue weighted by molar-refractivity contribution is -0.131. The molecule has 1 aromatic rings. The summed E-state index contributed by atoms with van der Waals surface area (Å²) in [6.07, 6.45) is 2.71. The standard InChI is InChI=1S/C13H21N3O3/c1-9(8-19-5)15(3)13-11(6-7-12(17)18)10(2)14-16(13)4/h6-7,9H,8H2,1-5H3,(H,17,18). The topological polar surface area (TPSA) is 67.6 Å². The first-order valence-corrected chi connectivity index (χ1v) is 6.04. The molecule has 0 saturated carbocycles. The van der Waals surface area contributed by atoms with Gasteiger partial charge in [-0.15, -0.1) is 0 Å². The monoisotopic (exact) mass is 267 g/mol. The molecule has 1 aromatic heterocycles. The second-order valence-corrected chi connectivity index (χ2v) is 4.53. The van der Waals surface area contributed by atoms with Crippen molar-refractivity contribution in [3.05, 3.63) is 17.3 Å². The molecule has 6 heteroatoms. The van der Waals surface area contributed by atoms with Crippen LogP contribution in [0.5, 0.6) is 0 Å². The first-order chi connectivity index (χ1) is 8.88. The Morgan fingerprint density at radius 2 is 2.26 bits per heavy atom. The van der Waals surface area contributed by atoms with Gasteiger partial charge in [0.1, 0.15) is 5.82 Å². The van der Waals surface area contributed by atoms with Gasteiger partial charge in [-0.05, 0) is 19.9 Å². The highest BCUT2D eigenvalue weighted by molar-refractivity contribution is 5.87. The van der Waals surface area contributed by atoms with Crippen molar-refractivity contribution in [2.24, 2.45) is 7.05 Å². The van der Waals surface area contributed by atoms with Crippen molar-refractivity contribution in [3.8, 4) is 0 Å². The third-order valence-electron chi connectivity index (χ3n) is 3.03. The molecule has 6 nitrogen and oxygen atoms in total. The van der Waals surface area contributed by atoms with Crippen LogP contribution in [-0.4, -0.2) is 47.7 Å². The van der Waals surface area contributed by atoms with Crippen LogP contribution in [0.2, 0.25) is 0 Å². The Morgan fingerprint density at radius 3 is 2.79 bits per heavy atom. The molecule has 1 heterocycles. The quantitative estimate of drug-likeness (QED) is 0.787. The van der Waals surface area contributed by atoms with E-state index in [0.717, 1.165) is 23.2 Å². The molecule has 0 fully saturated rings. The maximum Gasteiger partial charge on any atom is 0.328 e. The number of likely N-dealkylation sites (N-methyl/N-ethyl adjacent to an activating group) is 1. The maximum absolute atomic E-state index is 10.7. The highest BCUT2D eigenvalue weighted by atomic mass is 16.5. The molecule has 0 bridgehead atoms. The van der Waals surface area contributed by atoms with E-state index in [-0.39, 0.29) is 6.04 Å². The number of ether oxygens (including phenoxy) is 1. The van der Waals surface area contributed by atoms with Gasteiger partial charge in [0.05, 0.1) is 18.3 Å². The van der Waals surface area contributed by atoms with Crippen LogP contribution in [-0.2, 0) is 16.6 Å². The van der Waals surface area contributed by atoms with Crippen molar-refractivity contribution >= 4 is 17.9 Å². The molecule has 0 radical (unpaired) electrons. The molecule has 0 aliphatic heterocycles. The van der Waals surface area contributed by atoms with Gasteiger partial charge in [-0.2, -0.15) is 5.10 Å². The second kappa shape index (κ2) is 6.38. The molecule has 19 heavy (non-hydrogen) atoms. The summed E-state index contributed by atoms with van der Waals surface area (Å²) in [5, 5.41) is 13.1. The number of methoxy groups -OCH3 is 1. The molecule has 1 rings (SSSR count). The summed E-state index contributed by atoms with van der Waals surface area (Å²) < 4.78 is 6.90. The SMILES string of the molecule is COCC(C)N(C)c1c(C=CC(=O)O)c(C)nn1C. The van der Waals surface area contributed by atoms with Gasteiger partial charge in [0.15, 0.2) is 0 Å². The van der Waals surface area contributed by atoms with Crippen molar-refractivity contribution in [1.29, 1.82) is 0 Å². The Balaban J connectivity index is 3.15. The average Bonchev–Trinajstić information content (AvgIpc) is 2.60. The lowest BCUT2D eigenvalue weighted by Crippen LogP contribution is -2.34. The Labute approximate surface area is 113 Å². The molecule has 106 valence electrons. The van der Waals surface area contributed by atoms with Gasteiger partial charge in [-0.1, -0.05) is 0 Å². The predicted molar refractivity (Wildman–Crippen MR) is 74.4 cm³/mol. The minimum atomic E-state index is -0.971. The Morgan fingerprint density at radius 1 is 1.63 bits per heavy atom. The van der Waals surface area contributed by atoms with Crippen LogP contribution < -0.4 is 4.90 Å². The number of carboxylic acid groups (broad SMARTS) is 1. The van der Waals surface area contributed by atoms with Gasteiger partial charge in [0.2, 0.25) is 0 Å². The summed E-state index contributed by atoms with van der Waals surface area (Å²) in [6, 6.07) is 0.164. The fraction of sp³-hybridized carbons (Fsp3) is 0.538. The fourth-order valence-corrected chi connectivity index (χ4v) is 1.99. The smallest absolute Gasteiger partial charge is 0.328 e. The van der Waals surface area contributed by atoms with E-state index in [9.17, 15) is 4.79 Å². The van der Waals surface area contributed by atoms with Gasteiger partial charge in [-0.3, -0.25) is 4.68 Å². The summed E-state index contributed by atoms with van der Waals surface area (Å²) in [4.78, 5) is 12.7. The van der Waals surface area contributed by atoms with Gasteiger partial charge in [0, 0.05) is 32.8 Å². The number of carbonyl (C=O) groups is 1. The van der Waals surface area contributed by atoms with Crippen LogP contribution in [0.4, 0.5) is 5.82 Å². The molecule has 0 spiro atoms. The van der Waals surface area contributed by atoms with Crippen LogP contribution in [0.25, 0.3) is 6.08 Å². The van der Waals surface area contributed by atoms with E-state index in [1.165, 1.54) is 0 Å². The van der Waals surface area contributed by atoms with Gasteiger partial charge in [-0.25, -0.2) is 4.79 Å². The van der Waals surface area contributed by atoms with Crippen LogP contribution in [0.3, 0.4) is 0 Å². The molecular weight excluding hydrogens is 246 g/mol. The molecule has 1 atom stereocenters. The summed E-state index contributed by atoms with van der Waals surface area (Å²) in [5.74, 6) is -0.0960. The average molecular weight is 267 g/mol. The van der Waals surface area contributed by atoms with E-state index in [1.807, 2.05) is 32.8 Å². The summed E-state index contributed by atoms with van der Waals surface area (Å²) in [5.41, 5.74) is 1.61. The van der Waals surface area contributed by atoms with Crippen LogP contribution in [0.1, 0.15) is 18.2 Å². The molecule has 0 aliphatic carbocycles. The minimum absolute atomic E-state index is 0.164. The Bertz CT molecular complexity index is 480. The predicted octanol–water partition coefficient (Wildman–Crippen LogP) is 1.30. The van der Waals surface area contributed by atoms with E-state index in [2.05, 4.69) is 5.10 Å². The minimum Gasteiger partial charge on any atom is -0.478 e. The molecule has 0 aliphatic rings. The maximum atomic E-state index is 10.7. The molecule has 0 amide bonds.